The predicted molar refractivity (Wildman–Crippen MR) is 58.7 cm³/mol. The van der Waals surface area contributed by atoms with E-state index in [0.717, 1.165) is 25.7 Å². The van der Waals surface area contributed by atoms with Gasteiger partial charge in [-0.3, -0.25) is 14.9 Å². The lowest BCUT2D eigenvalue weighted by molar-refractivity contribution is -0.121. The van der Waals surface area contributed by atoms with Crippen molar-refractivity contribution in [1.82, 2.24) is 4.68 Å². The first-order valence-electron chi connectivity index (χ1n) is 5.45. The fourth-order valence-corrected chi connectivity index (χ4v) is 2.01. The fourth-order valence-electron chi connectivity index (χ4n) is 2.01. The van der Waals surface area contributed by atoms with Gasteiger partial charge in [0.05, 0.1) is 0 Å². The molecule has 1 saturated carbocycles. The van der Waals surface area contributed by atoms with Crippen LogP contribution < -0.4 is 11.2 Å². The third-order valence-electron chi connectivity index (χ3n) is 2.99. The molecule has 0 aromatic carbocycles. The van der Waals surface area contributed by atoms with Gasteiger partial charge >= 0.3 is 0 Å². The van der Waals surface area contributed by atoms with Crippen LogP contribution >= 0.6 is 0 Å². The topological polar surface area (TPSA) is 60.1 Å². The van der Waals surface area contributed by atoms with Crippen molar-refractivity contribution in [3.8, 4) is 0 Å². The van der Waals surface area contributed by atoms with E-state index in [4.69, 9.17) is 5.73 Å². The molecular weight excluding hydrogens is 190 g/mol. The smallest absolute Gasteiger partial charge is 0.241 e. The van der Waals surface area contributed by atoms with E-state index in [2.05, 4.69) is 5.43 Å². The van der Waals surface area contributed by atoms with Crippen molar-refractivity contribution in [3.63, 3.8) is 0 Å². The van der Waals surface area contributed by atoms with Gasteiger partial charge in [-0.1, -0.05) is 0 Å². The largest absolute Gasteiger partial charge is 0.328 e. The molecule has 1 aromatic heterocycles. The van der Waals surface area contributed by atoms with Crippen molar-refractivity contribution in [1.29, 1.82) is 0 Å². The van der Waals surface area contributed by atoms with Crippen molar-refractivity contribution >= 4 is 5.91 Å². The Balaban J connectivity index is 1.86. The van der Waals surface area contributed by atoms with Crippen molar-refractivity contribution < 1.29 is 4.79 Å². The van der Waals surface area contributed by atoms with Gasteiger partial charge < -0.3 is 5.73 Å². The Morgan fingerprint density at radius 1 is 1.20 bits per heavy atom. The Labute approximate surface area is 89.4 Å². The van der Waals surface area contributed by atoms with Crippen molar-refractivity contribution in [2.24, 2.45) is 11.7 Å². The number of nitrogens with two attached hydrogens (primary N) is 1. The van der Waals surface area contributed by atoms with Crippen LogP contribution in [0.5, 0.6) is 0 Å². The first-order valence-corrected chi connectivity index (χ1v) is 5.45. The summed E-state index contributed by atoms with van der Waals surface area (Å²) in [5.74, 6) is 0.241. The molecule has 1 heterocycles. The van der Waals surface area contributed by atoms with Crippen LogP contribution in [0, 0.1) is 5.92 Å². The number of rotatable bonds is 2. The maximum atomic E-state index is 11.8. The predicted octanol–water partition coefficient (Wildman–Crippen LogP) is 1.08. The average Bonchev–Trinajstić information content (AvgIpc) is 2.71. The van der Waals surface area contributed by atoms with Crippen molar-refractivity contribution in [3.05, 3.63) is 24.5 Å². The molecule has 0 unspecified atom stereocenters. The minimum absolute atomic E-state index is 0.109. The quantitative estimate of drug-likeness (QED) is 0.762. The van der Waals surface area contributed by atoms with Crippen molar-refractivity contribution in [2.45, 2.75) is 31.7 Å². The number of carbonyl (C=O) groups is 1. The number of carbonyl (C=O) groups excluding carboxylic acids is 1. The maximum Gasteiger partial charge on any atom is 0.241 e. The molecule has 0 saturated heterocycles. The molecule has 0 radical (unpaired) electrons. The van der Waals surface area contributed by atoms with Crippen LogP contribution in [0.1, 0.15) is 25.7 Å². The number of nitrogens with one attached hydrogen (secondary N) is 1. The minimum atomic E-state index is 0.109. The second-order valence-corrected chi connectivity index (χ2v) is 4.18. The highest BCUT2D eigenvalue weighted by molar-refractivity contribution is 5.86. The van der Waals surface area contributed by atoms with E-state index in [-0.39, 0.29) is 11.8 Å². The number of hydrogen-bond acceptors (Lipinski definition) is 2. The highest BCUT2D eigenvalue weighted by atomic mass is 16.2. The normalized spacial score (nSPS) is 26.2. The molecule has 82 valence electrons. The molecule has 0 aliphatic heterocycles. The lowest BCUT2D eigenvalue weighted by Crippen LogP contribution is -2.34. The van der Waals surface area contributed by atoms with E-state index >= 15 is 0 Å². The van der Waals surface area contributed by atoms with Crippen molar-refractivity contribution in [2.75, 3.05) is 5.43 Å². The number of amides is 1. The second kappa shape index (κ2) is 4.49. The third-order valence-corrected chi connectivity index (χ3v) is 2.99. The van der Waals surface area contributed by atoms with Crippen LogP contribution in [0.25, 0.3) is 0 Å². The summed E-state index contributed by atoms with van der Waals surface area (Å²) in [4.78, 5) is 11.8. The zero-order valence-electron chi connectivity index (χ0n) is 8.73. The van der Waals surface area contributed by atoms with Crippen LogP contribution in [0.3, 0.4) is 0 Å². The van der Waals surface area contributed by atoms with Crippen LogP contribution in [0.15, 0.2) is 24.5 Å². The third kappa shape index (κ3) is 2.59. The van der Waals surface area contributed by atoms with Gasteiger partial charge in [-0.25, -0.2) is 0 Å². The number of aromatic nitrogens is 1. The van der Waals surface area contributed by atoms with E-state index in [1.54, 1.807) is 4.68 Å². The van der Waals surface area contributed by atoms with Gasteiger partial charge in [0, 0.05) is 24.4 Å². The van der Waals surface area contributed by atoms with E-state index in [1.807, 2.05) is 24.5 Å². The van der Waals surface area contributed by atoms with Crippen LogP contribution in [0.2, 0.25) is 0 Å². The molecule has 1 amide bonds. The van der Waals surface area contributed by atoms with Crippen LogP contribution in [-0.4, -0.2) is 16.6 Å². The summed E-state index contributed by atoms with van der Waals surface area (Å²) < 4.78 is 1.69. The summed E-state index contributed by atoms with van der Waals surface area (Å²) in [5, 5.41) is 0. The van der Waals surface area contributed by atoms with E-state index in [9.17, 15) is 4.79 Å². The Kier molecular flexibility index (Phi) is 3.06. The van der Waals surface area contributed by atoms with Gasteiger partial charge in [0.2, 0.25) is 5.91 Å². The molecule has 2 rings (SSSR count). The summed E-state index contributed by atoms with van der Waals surface area (Å²) in [6.45, 7) is 0. The lowest BCUT2D eigenvalue weighted by Gasteiger charge is -2.25. The average molecular weight is 207 g/mol. The molecule has 15 heavy (non-hydrogen) atoms. The standard InChI is InChI=1S/C11H17N3O/c12-10-5-3-9(4-6-10)11(15)13-14-7-1-2-8-14/h1-2,7-10H,3-6,12H2,(H,13,15). The Morgan fingerprint density at radius 3 is 2.40 bits per heavy atom. The number of hydrogen-bond donors (Lipinski definition) is 2. The molecule has 3 N–H and O–H groups in total. The molecular formula is C11H17N3O. The number of nitrogens with zero attached hydrogens (tertiary/aromatic N) is 1. The Morgan fingerprint density at radius 2 is 1.80 bits per heavy atom. The lowest BCUT2D eigenvalue weighted by atomic mass is 9.86. The summed E-state index contributed by atoms with van der Waals surface area (Å²) in [5.41, 5.74) is 8.64. The summed E-state index contributed by atoms with van der Waals surface area (Å²) >= 11 is 0. The molecule has 0 atom stereocenters. The monoisotopic (exact) mass is 207 g/mol. The van der Waals surface area contributed by atoms with E-state index in [0.29, 0.717) is 6.04 Å². The van der Waals surface area contributed by atoms with Gasteiger partial charge in [-0.05, 0) is 37.8 Å². The molecule has 1 fully saturated rings. The summed E-state index contributed by atoms with van der Waals surface area (Å²) in [6, 6.07) is 4.06. The molecule has 4 heteroatoms. The summed E-state index contributed by atoms with van der Waals surface area (Å²) in [6.07, 6.45) is 7.40. The molecule has 4 nitrogen and oxygen atoms in total. The fraction of sp³-hybridized carbons (Fsp3) is 0.545. The van der Waals surface area contributed by atoms with Gasteiger partial charge in [0.25, 0.3) is 0 Å². The molecule has 0 spiro atoms. The Bertz CT molecular complexity index is 313. The highest BCUT2D eigenvalue weighted by Crippen LogP contribution is 2.23. The highest BCUT2D eigenvalue weighted by Gasteiger charge is 2.24. The first-order chi connectivity index (χ1) is 7.25. The van der Waals surface area contributed by atoms with E-state index < -0.39 is 0 Å². The first kappa shape index (κ1) is 10.2. The van der Waals surface area contributed by atoms with Gasteiger partial charge in [-0.15, -0.1) is 0 Å². The van der Waals surface area contributed by atoms with Crippen LogP contribution in [0.4, 0.5) is 0 Å². The molecule has 0 bridgehead atoms. The second-order valence-electron chi connectivity index (χ2n) is 4.18. The minimum Gasteiger partial charge on any atom is -0.328 e. The molecule has 1 aliphatic carbocycles. The molecule has 1 aliphatic rings. The SMILES string of the molecule is NC1CCC(C(=O)Nn2cccc2)CC1. The zero-order chi connectivity index (χ0) is 10.7. The van der Waals surface area contributed by atoms with Gasteiger partial charge in [-0.2, -0.15) is 0 Å². The maximum absolute atomic E-state index is 11.8. The summed E-state index contributed by atoms with van der Waals surface area (Å²) in [7, 11) is 0. The molecule has 1 aromatic rings. The van der Waals surface area contributed by atoms with E-state index in [1.165, 1.54) is 0 Å². The van der Waals surface area contributed by atoms with Crippen LogP contribution in [-0.2, 0) is 4.79 Å². The zero-order valence-corrected chi connectivity index (χ0v) is 8.73. The van der Waals surface area contributed by atoms with Gasteiger partial charge in [0.15, 0.2) is 0 Å². The van der Waals surface area contributed by atoms with Gasteiger partial charge in [0.1, 0.15) is 0 Å². The Hall–Kier alpha value is -1.29.